The van der Waals surface area contributed by atoms with Crippen LogP contribution in [0, 0.1) is 5.92 Å². The van der Waals surface area contributed by atoms with Crippen LogP contribution in [0.2, 0.25) is 0 Å². The number of aromatic nitrogens is 2. The van der Waals surface area contributed by atoms with Crippen molar-refractivity contribution in [3.8, 4) is 28.1 Å². The number of pyridine rings is 1. The molecule has 1 aliphatic rings. The summed E-state index contributed by atoms with van der Waals surface area (Å²) >= 11 is 0. The van der Waals surface area contributed by atoms with Gasteiger partial charge in [-0.2, -0.15) is 0 Å². The molecule has 200 valence electrons. The van der Waals surface area contributed by atoms with Gasteiger partial charge in [0.1, 0.15) is 11.6 Å². The third kappa shape index (κ3) is 4.95. The monoisotopic (exact) mass is 525 g/mol. The molecule has 0 spiro atoms. The van der Waals surface area contributed by atoms with E-state index in [1.165, 1.54) is 13.3 Å². The molecule has 2 amide bonds. The molecule has 0 unspecified atom stereocenters. The highest BCUT2D eigenvalue weighted by atomic mass is 16.5. The predicted molar refractivity (Wildman–Crippen MR) is 152 cm³/mol. The number of nitrogens with one attached hydrogen (secondary N) is 2. The number of nitrogen functional groups attached to an aromatic ring is 1. The largest absolute Gasteiger partial charge is 0.496 e. The van der Waals surface area contributed by atoms with Crippen molar-refractivity contribution in [2.45, 2.75) is 26.2 Å². The average molecular weight is 526 g/mol. The molecule has 0 atom stereocenters. The molecule has 0 radical (unpaired) electrons. The Balaban J connectivity index is 1.58. The minimum Gasteiger partial charge on any atom is -0.496 e. The third-order valence-electron chi connectivity index (χ3n) is 7.39. The maximum atomic E-state index is 12.9. The number of hydrogen-bond donors (Lipinski definition) is 3. The molecule has 1 aliphatic carbocycles. The first-order chi connectivity index (χ1) is 18.8. The second-order valence-electron chi connectivity index (χ2n) is 9.88. The van der Waals surface area contributed by atoms with Gasteiger partial charge in [0.25, 0.3) is 11.8 Å². The molecule has 0 aliphatic heterocycles. The molecule has 39 heavy (non-hydrogen) atoms. The number of ketones is 1. The standard InChI is InChI=1S/C30H31N5O4/c1-17(36)29(37)34-21-10-7-19(8-11-21)27-25(26-23(35(27)2)13-14-32-28(26)31)20-9-12-22(24(15-20)39-3)30(38)33-16-18-5-4-6-18/h7-15,18H,4-6,16H2,1-3H3,(H2,31,32)(H,33,38)(H,34,37). The Bertz CT molecular complexity index is 1590. The van der Waals surface area contributed by atoms with Crippen LogP contribution in [0.5, 0.6) is 5.75 Å². The second-order valence-corrected chi connectivity index (χ2v) is 9.88. The molecule has 1 fully saturated rings. The van der Waals surface area contributed by atoms with Crippen LogP contribution in [0.1, 0.15) is 36.5 Å². The van der Waals surface area contributed by atoms with Gasteiger partial charge in [0.05, 0.1) is 29.3 Å². The van der Waals surface area contributed by atoms with Gasteiger partial charge < -0.3 is 25.7 Å². The summed E-state index contributed by atoms with van der Waals surface area (Å²) in [5.74, 6) is 0.00755. The number of fused-ring (bicyclic) bond motifs is 1. The van der Waals surface area contributed by atoms with Crippen LogP contribution in [0.25, 0.3) is 33.3 Å². The van der Waals surface area contributed by atoms with E-state index >= 15 is 0 Å². The van der Waals surface area contributed by atoms with Gasteiger partial charge in [-0.25, -0.2) is 4.98 Å². The van der Waals surface area contributed by atoms with Crippen molar-refractivity contribution in [2.24, 2.45) is 13.0 Å². The molecule has 1 saturated carbocycles. The second kappa shape index (κ2) is 10.6. The first-order valence-corrected chi connectivity index (χ1v) is 12.9. The number of aryl methyl sites for hydroxylation is 1. The zero-order valence-electron chi connectivity index (χ0n) is 22.2. The first kappa shape index (κ1) is 26.0. The van der Waals surface area contributed by atoms with Gasteiger partial charge in [-0.1, -0.05) is 24.6 Å². The van der Waals surface area contributed by atoms with Gasteiger partial charge in [-0.3, -0.25) is 14.4 Å². The van der Waals surface area contributed by atoms with Crippen LogP contribution in [0.15, 0.2) is 54.7 Å². The van der Waals surface area contributed by atoms with Gasteiger partial charge >= 0.3 is 0 Å². The van der Waals surface area contributed by atoms with Crippen LogP contribution in [0.4, 0.5) is 11.5 Å². The van der Waals surface area contributed by atoms with Crippen LogP contribution < -0.4 is 21.1 Å². The minimum absolute atomic E-state index is 0.159. The summed E-state index contributed by atoms with van der Waals surface area (Å²) in [5, 5.41) is 6.42. The van der Waals surface area contributed by atoms with Gasteiger partial charge in [0.15, 0.2) is 0 Å². The van der Waals surface area contributed by atoms with Crippen LogP contribution in [-0.2, 0) is 16.6 Å². The van der Waals surface area contributed by atoms with Gasteiger partial charge in [0, 0.05) is 38.0 Å². The van der Waals surface area contributed by atoms with E-state index in [-0.39, 0.29) is 5.91 Å². The number of rotatable bonds is 8. The lowest BCUT2D eigenvalue weighted by Crippen LogP contribution is -2.32. The number of Topliss-reactive ketones (excluding diaryl/α,β-unsaturated/α-hetero) is 1. The summed E-state index contributed by atoms with van der Waals surface area (Å²) in [5.41, 5.74) is 11.7. The molecule has 2 aromatic heterocycles. The van der Waals surface area contributed by atoms with Crippen LogP contribution in [0.3, 0.4) is 0 Å². The fourth-order valence-electron chi connectivity index (χ4n) is 5.02. The molecular formula is C30H31N5O4. The quantitative estimate of drug-likeness (QED) is 0.290. The molecular weight excluding hydrogens is 494 g/mol. The highest BCUT2D eigenvalue weighted by Gasteiger charge is 2.24. The number of carbonyl (C=O) groups excluding carboxylic acids is 3. The number of hydrogen-bond acceptors (Lipinski definition) is 6. The number of carbonyl (C=O) groups is 3. The number of benzene rings is 2. The zero-order chi connectivity index (χ0) is 27.7. The van der Waals surface area contributed by atoms with E-state index in [1.807, 2.05) is 41.9 Å². The zero-order valence-corrected chi connectivity index (χ0v) is 22.2. The molecule has 2 heterocycles. The Hall–Kier alpha value is -4.66. The van der Waals surface area contributed by atoms with E-state index in [0.29, 0.717) is 35.3 Å². The fourth-order valence-corrected chi connectivity index (χ4v) is 5.02. The summed E-state index contributed by atoms with van der Waals surface area (Å²) in [4.78, 5) is 40.5. The van der Waals surface area contributed by atoms with E-state index in [1.54, 1.807) is 31.5 Å². The molecule has 0 bridgehead atoms. The van der Waals surface area contributed by atoms with Gasteiger partial charge in [-0.05, 0) is 60.2 Å². The lowest BCUT2D eigenvalue weighted by molar-refractivity contribution is -0.133. The maximum absolute atomic E-state index is 12.9. The SMILES string of the molecule is COc1cc(-c2c(-c3ccc(NC(=O)C(C)=O)cc3)n(C)c3ccnc(N)c23)ccc1C(=O)NCC1CCC1. The van der Waals surface area contributed by atoms with Crippen molar-refractivity contribution in [3.05, 3.63) is 60.3 Å². The highest BCUT2D eigenvalue weighted by Crippen LogP contribution is 2.43. The number of nitrogens with two attached hydrogens (primary N) is 1. The van der Waals surface area contributed by atoms with Crippen LogP contribution in [-0.4, -0.2) is 40.8 Å². The van der Waals surface area contributed by atoms with E-state index < -0.39 is 11.7 Å². The van der Waals surface area contributed by atoms with Crippen molar-refractivity contribution < 1.29 is 19.1 Å². The highest BCUT2D eigenvalue weighted by molar-refractivity contribution is 6.39. The van der Waals surface area contributed by atoms with Crippen molar-refractivity contribution in [3.63, 3.8) is 0 Å². The summed E-state index contributed by atoms with van der Waals surface area (Å²) in [6.45, 7) is 1.89. The fraction of sp³-hybridized carbons (Fsp3) is 0.267. The normalized spacial score (nSPS) is 13.1. The number of anilines is 2. The number of ether oxygens (including phenoxy) is 1. The Morgan fingerprint density at radius 1 is 1.08 bits per heavy atom. The Kier molecular flexibility index (Phi) is 7.06. The number of amides is 2. The summed E-state index contributed by atoms with van der Waals surface area (Å²) in [6, 6.07) is 14.7. The lowest BCUT2D eigenvalue weighted by atomic mass is 9.85. The molecule has 0 saturated heterocycles. The predicted octanol–water partition coefficient (Wildman–Crippen LogP) is 4.56. The summed E-state index contributed by atoms with van der Waals surface area (Å²) in [6.07, 6.45) is 5.20. The van der Waals surface area contributed by atoms with Crippen LogP contribution >= 0.6 is 0 Å². The first-order valence-electron chi connectivity index (χ1n) is 12.9. The Morgan fingerprint density at radius 2 is 1.79 bits per heavy atom. The average Bonchev–Trinajstić information content (AvgIpc) is 3.21. The molecule has 5 rings (SSSR count). The smallest absolute Gasteiger partial charge is 0.291 e. The van der Waals surface area contributed by atoms with E-state index in [0.717, 1.165) is 46.1 Å². The van der Waals surface area contributed by atoms with Crippen molar-refractivity contribution in [2.75, 3.05) is 24.7 Å². The van der Waals surface area contributed by atoms with Gasteiger partial charge in [0.2, 0.25) is 5.78 Å². The lowest BCUT2D eigenvalue weighted by Gasteiger charge is -2.25. The Morgan fingerprint density at radius 3 is 2.44 bits per heavy atom. The molecule has 4 N–H and O–H groups in total. The van der Waals surface area contributed by atoms with E-state index in [9.17, 15) is 14.4 Å². The topological polar surface area (TPSA) is 128 Å². The molecule has 9 heteroatoms. The molecule has 4 aromatic rings. The van der Waals surface area contributed by atoms with E-state index in [2.05, 4.69) is 15.6 Å². The Labute approximate surface area is 226 Å². The summed E-state index contributed by atoms with van der Waals surface area (Å²) in [7, 11) is 3.50. The van der Waals surface area contributed by atoms with Crippen molar-refractivity contribution in [1.82, 2.24) is 14.9 Å². The molecule has 9 nitrogen and oxygen atoms in total. The minimum atomic E-state index is -0.671. The van der Waals surface area contributed by atoms with E-state index in [4.69, 9.17) is 10.5 Å². The van der Waals surface area contributed by atoms with Crippen molar-refractivity contribution in [1.29, 1.82) is 0 Å². The van der Waals surface area contributed by atoms with Gasteiger partial charge in [-0.15, -0.1) is 0 Å². The third-order valence-corrected chi connectivity index (χ3v) is 7.39. The van der Waals surface area contributed by atoms with Crippen molar-refractivity contribution >= 4 is 40.0 Å². The maximum Gasteiger partial charge on any atom is 0.291 e. The summed E-state index contributed by atoms with van der Waals surface area (Å²) < 4.78 is 7.70. The molecule has 2 aromatic carbocycles. The number of methoxy groups -OCH3 is 1. The number of nitrogens with zero attached hydrogens (tertiary/aromatic N) is 2.